The molecule has 20 heavy (non-hydrogen) atoms. The van der Waals surface area contributed by atoms with E-state index in [-0.39, 0.29) is 5.91 Å². The van der Waals surface area contributed by atoms with Crippen molar-refractivity contribution in [3.05, 3.63) is 29.3 Å². The van der Waals surface area contributed by atoms with E-state index in [1.165, 1.54) is 16.8 Å². The SMILES string of the molecule is Cc1cccc(N2CCN(C(=O)CC(=O)O)CC2)c1C. The normalized spacial score (nSPS) is 15.3. The van der Waals surface area contributed by atoms with Crippen LogP contribution in [0.2, 0.25) is 0 Å². The second-order valence-corrected chi connectivity index (χ2v) is 5.16. The van der Waals surface area contributed by atoms with E-state index >= 15 is 0 Å². The van der Waals surface area contributed by atoms with Crippen LogP contribution in [0.3, 0.4) is 0 Å². The van der Waals surface area contributed by atoms with Crippen LogP contribution in [0.4, 0.5) is 5.69 Å². The average molecular weight is 276 g/mol. The van der Waals surface area contributed by atoms with Crippen LogP contribution in [0, 0.1) is 13.8 Å². The second-order valence-electron chi connectivity index (χ2n) is 5.16. The molecule has 2 rings (SSSR count). The Balaban J connectivity index is 1.99. The molecule has 1 aromatic rings. The second kappa shape index (κ2) is 5.94. The van der Waals surface area contributed by atoms with E-state index < -0.39 is 12.4 Å². The largest absolute Gasteiger partial charge is 0.481 e. The van der Waals surface area contributed by atoms with Gasteiger partial charge in [-0.3, -0.25) is 9.59 Å². The lowest BCUT2D eigenvalue weighted by Gasteiger charge is -2.37. The van der Waals surface area contributed by atoms with Crippen LogP contribution in [0.25, 0.3) is 0 Å². The third kappa shape index (κ3) is 3.10. The highest BCUT2D eigenvalue weighted by Gasteiger charge is 2.23. The van der Waals surface area contributed by atoms with E-state index in [1.807, 2.05) is 6.07 Å². The third-order valence-corrected chi connectivity index (χ3v) is 3.85. The predicted octanol–water partition coefficient (Wildman–Crippen LogP) is 1.43. The van der Waals surface area contributed by atoms with Gasteiger partial charge < -0.3 is 14.9 Å². The molecule has 5 heteroatoms. The van der Waals surface area contributed by atoms with Crippen LogP contribution in [0.5, 0.6) is 0 Å². The summed E-state index contributed by atoms with van der Waals surface area (Å²) in [6.45, 7) is 6.85. The van der Waals surface area contributed by atoms with Crippen LogP contribution in [0.1, 0.15) is 17.5 Å². The summed E-state index contributed by atoms with van der Waals surface area (Å²) < 4.78 is 0. The molecule has 1 fully saturated rings. The first-order chi connectivity index (χ1) is 9.49. The van der Waals surface area contributed by atoms with Crippen molar-refractivity contribution >= 4 is 17.6 Å². The number of aryl methyl sites for hydroxylation is 1. The maximum atomic E-state index is 11.7. The Kier molecular flexibility index (Phi) is 4.27. The number of carboxylic acid groups (broad SMARTS) is 1. The minimum atomic E-state index is -1.06. The number of carbonyl (C=O) groups excluding carboxylic acids is 1. The number of amides is 1. The van der Waals surface area contributed by atoms with Crippen molar-refractivity contribution < 1.29 is 14.7 Å². The molecule has 0 saturated carbocycles. The summed E-state index contributed by atoms with van der Waals surface area (Å²) in [5.74, 6) is -1.36. The van der Waals surface area contributed by atoms with Gasteiger partial charge in [0.1, 0.15) is 6.42 Å². The molecule has 1 N–H and O–H groups in total. The Morgan fingerprint density at radius 1 is 1.15 bits per heavy atom. The van der Waals surface area contributed by atoms with Gasteiger partial charge in [0.15, 0.2) is 0 Å². The molecule has 1 saturated heterocycles. The number of rotatable bonds is 3. The number of hydrogen-bond acceptors (Lipinski definition) is 3. The lowest BCUT2D eigenvalue weighted by molar-refractivity contribution is -0.144. The highest BCUT2D eigenvalue weighted by atomic mass is 16.4. The zero-order valence-electron chi connectivity index (χ0n) is 11.9. The zero-order valence-corrected chi connectivity index (χ0v) is 11.9. The lowest BCUT2D eigenvalue weighted by atomic mass is 10.1. The number of carboxylic acids is 1. The molecular formula is C15H20N2O3. The summed E-state index contributed by atoms with van der Waals surface area (Å²) >= 11 is 0. The average Bonchev–Trinajstić information content (AvgIpc) is 2.41. The summed E-state index contributed by atoms with van der Waals surface area (Å²) in [7, 11) is 0. The van der Waals surface area contributed by atoms with Gasteiger partial charge in [-0.1, -0.05) is 12.1 Å². The Hall–Kier alpha value is -2.04. The summed E-state index contributed by atoms with van der Waals surface area (Å²) in [5.41, 5.74) is 3.72. The zero-order chi connectivity index (χ0) is 14.7. The van der Waals surface area contributed by atoms with Gasteiger partial charge in [0.2, 0.25) is 5.91 Å². The molecule has 1 aliphatic rings. The van der Waals surface area contributed by atoms with Crippen molar-refractivity contribution in [2.75, 3.05) is 31.1 Å². The standard InChI is InChI=1S/C15H20N2O3/c1-11-4-3-5-13(12(11)2)16-6-8-17(9-7-16)14(18)10-15(19)20/h3-5H,6-10H2,1-2H3,(H,19,20). The van der Waals surface area contributed by atoms with Crippen LogP contribution < -0.4 is 4.90 Å². The molecule has 1 aliphatic heterocycles. The Morgan fingerprint density at radius 3 is 2.40 bits per heavy atom. The quantitative estimate of drug-likeness (QED) is 0.848. The molecule has 0 bridgehead atoms. The van der Waals surface area contributed by atoms with Crippen LogP contribution in [0.15, 0.2) is 18.2 Å². The van der Waals surface area contributed by atoms with Crippen LogP contribution >= 0.6 is 0 Å². The summed E-state index contributed by atoms with van der Waals surface area (Å²) in [4.78, 5) is 26.2. The number of nitrogens with zero attached hydrogens (tertiary/aromatic N) is 2. The molecule has 0 atom stereocenters. The smallest absolute Gasteiger partial charge is 0.312 e. The molecule has 0 unspecified atom stereocenters. The number of aliphatic carboxylic acids is 1. The van der Waals surface area contributed by atoms with E-state index in [4.69, 9.17) is 5.11 Å². The van der Waals surface area contributed by atoms with Crippen LogP contribution in [-0.2, 0) is 9.59 Å². The number of carbonyl (C=O) groups is 2. The molecule has 0 aromatic heterocycles. The van der Waals surface area contributed by atoms with Gasteiger partial charge in [0.25, 0.3) is 0 Å². The van der Waals surface area contributed by atoms with Crippen molar-refractivity contribution in [1.82, 2.24) is 4.90 Å². The molecule has 0 spiro atoms. The fourth-order valence-corrected chi connectivity index (χ4v) is 2.52. The van der Waals surface area contributed by atoms with Gasteiger partial charge in [-0.15, -0.1) is 0 Å². The van der Waals surface area contributed by atoms with Crippen molar-refractivity contribution in [2.24, 2.45) is 0 Å². The van der Waals surface area contributed by atoms with E-state index in [2.05, 4.69) is 30.9 Å². The molecule has 0 aliphatic carbocycles. The summed E-state index contributed by atoms with van der Waals surface area (Å²) in [5, 5.41) is 8.65. The lowest BCUT2D eigenvalue weighted by Crippen LogP contribution is -2.49. The van der Waals surface area contributed by atoms with Crippen molar-refractivity contribution in [3.8, 4) is 0 Å². The monoisotopic (exact) mass is 276 g/mol. The Morgan fingerprint density at radius 2 is 1.80 bits per heavy atom. The van der Waals surface area contributed by atoms with E-state index in [1.54, 1.807) is 4.90 Å². The molecule has 1 aromatic carbocycles. The van der Waals surface area contributed by atoms with Gasteiger partial charge >= 0.3 is 5.97 Å². The van der Waals surface area contributed by atoms with Crippen molar-refractivity contribution in [2.45, 2.75) is 20.3 Å². The van der Waals surface area contributed by atoms with E-state index in [0.717, 1.165) is 13.1 Å². The highest BCUT2D eigenvalue weighted by Crippen LogP contribution is 2.23. The highest BCUT2D eigenvalue weighted by molar-refractivity contribution is 5.93. The number of benzene rings is 1. The fourth-order valence-electron chi connectivity index (χ4n) is 2.52. The summed E-state index contributed by atoms with van der Waals surface area (Å²) in [6.07, 6.45) is -0.413. The maximum absolute atomic E-state index is 11.7. The Bertz CT molecular complexity index is 520. The van der Waals surface area contributed by atoms with Gasteiger partial charge in [-0.25, -0.2) is 0 Å². The van der Waals surface area contributed by atoms with Crippen LogP contribution in [-0.4, -0.2) is 48.1 Å². The van der Waals surface area contributed by atoms with E-state index in [9.17, 15) is 9.59 Å². The Labute approximate surface area is 118 Å². The first-order valence-electron chi connectivity index (χ1n) is 6.80. The topological polar surface area (TPSA) is 60.9 Å². The number of anilines is 1. The minimum Gasteiger partial charge on any atom is -0.481 e. The number of hydrogen-bond donors (Lipinski definition) is 1. The maximum Gasteiger partial charge on any atom is 0.312 e. The minimum absolute atomic E-state index is 0.293. The van der Waals surface area contributed by atoms with Gasteiger partial charge in [-0.2, -0.15) is 0 Å². The van der Waals surface area contributed by atoms with E-state index in [0.29, 0.717) is 13.1 Å². The fraction of sp³-hybridized carbons (Fsp3) is 0.467. The third-order valence-electron chi connectivity index (χ3n) is 3.85. The first kappa shape index (κ1) is 14.4. The molecule has 108 valence electrons. The molecule has 0 radical (unpaired) electrons. The summed E-state index contributed by atoms with van der Waals surface area (Å²) in [6, 6.07) is 6.22. The van der Waals surface area contributed by atoms with Gasteiger partial charge in [0, 0.05) is 31.9 Å². The number of piperazine rings is 1. The van der Waals surface area contributed by atoms with Crippen molar-refractivity contribution in [3.63, 3.8) is 0 Å². The first-order valence-corrected chi connectivity index (χ1v) is 6.80. The molecule has 1 heterocycles. The molecular weight excluding hydrogens is 256 g/mol. The predicted molar refractivity (Wildman–Crippen MR) is 77.0 cm³/mol. The van der Waals surface area contributed by atoms with Gasteiger partial charge in [0.05, 0.1) is 0 Å². The van der Waals surface area contributed by atoms with Crippen molar-refractivity contribution in [1.29, 1.82) is 0 Å². The molecule has 1 amide bonds. The van der Waals surface area contributed by atoms with Gasteiger partial charge in [-0.05, 0) is 31.0 Å². The molecule has 5 nitrogen and oxygen atoms in total.